The van der Waals surface area contributed by atoms with Gasteiger partial charge in [-0.2, -0.15) is 0 Å². The Labute approximate surface area is 305 Å². The SMILES string of the molecule is COc1ccc([Si](C)(C)[C@H]2[C@H](CCn3cc(CCO)nn3)O[C@@]3(C(=O)N(Cc4cccc(N(C=O)c5ccccc5)c4)c4ccccc43)[C@@H]2C)cc1. The zero-order valence-electron chi connectivity index (χ0n) is 30.1. The Morgan fingerprint density at radius 2 is 1.71 bits per heavy atom. The van der Waals surface area contributed by atoms with E-state index in [-0.39, 0.29) is 30.1 Å². The number of nitrogens with zero attached hydrogens (tertiary/aromatic N) is 5. The van der Waals surface area contributed by atoms with Gasteiger partial charge in [-0.15, -0.1) is 5.10 Å². The summed E-state index contributed by atoms with van der Waals surface area (Å²) in [6.07, 6.45) is 3.54. The topological polar surface area (TPSA) is 110 Å². The van der Waals surface area contributed by atoms with Crippen LogP contribution in [0.5, 0.6) is 5.75 Å². The van der Waals surface area contributed by atoms with Crippen molar-refractivity contribution in [3.05, 3.63) is 126 Å². The normalized spacial score (nSPS) is 21.1. The fourth-order valence-corrected chi connectivity index (χ4v) is 12.5. The van der Waals surface area contributed by atoms with E-state index in [0.717, 1.165) is 46.0 Å². The fraction of sp³-hybridized carbons (Fsp3) is 0.317. The lowest BCUT2D eigenvalue weighted by atomic mass is 9.82. The number of aromatic nitrogens is 3. The summed E-state index contributed by atoms with van der Waals surface area (Å²) in [4.78, 5) is 30.9. The molecule has 2 aliphatic rings. The first-order valence-electron chi connectivity index (χ1n) is 17.8. The number of aliphatic hydroxyl groups excluding tert-OH is 1. The van der Waals surface area contributed by atoms with Gasteiger partial charge in [0.15, 0.2) is 5.60 Å². The maximum atomic E-state index is 15.2. The van der Waals surface area contributed by atoms with Crippen LogP contribution in [0.25, 0.3) is 0 Å². The highest BCUT2D eigenvalue weighted by atomic mass is 28.3. The number of methoxy groups -OCH3 is 1. The molecular formula is C41H45N5O5Si. The van der Waals surface area contributed by atoms with Gasteiger partial charge in [-0.05, 0) is 60.0 Å². The Balaban J connectivity index is 1.24. The molecule has 0 aliphatic carbocycles. The van der Waals surface area contributed by atoms with Crippen molar-refractivity contribution in [3.63, 3.8) is 0 Å². The number of fused-ring (bicyclic) bond motifs is 2. The third kappa shape index (κ3) is 6.22. The molecule has 7 rings (SSSR count). The first-order valence-corrected chi connectivity index (χ1v) is 20.9. The average Bonchev–Trinajstić information content (AvgIpc) is 3.82. The Bertz CT molecular complexity index is 2040. The second-order valence-corrected chi connectivity index (χ2v) is 19.0. The molecule has 1 aromatic heterocycles. The van der Waals surface area contributed by atoms with E-state index in [2.05, 4.69) is 42.5 Å². The number of amides is 2. The van der Waals surface area contributed by atoms with Crippen molar-refractivity contribution >= 4 is 42.6 Å². The van der Waals surface area contributed by atoms with Crippen LogP contribution in [0, 0.1) is 5.92 Å². The Hall–Kier alpha value is -5.10. The number of para-hydroxylation sites is 2. The predicted octanol–water partition coefficient (Wildman–Crippen LogP) is 5.97. The molecule has 52 heavy (non-hydrogen) atoms. The molecular weight excluding hydrogens is 671 g/mol. The zero-order chi connectivity index (χ0) is 36.5. The van der Waals surface area contributed by atoms with Crippen LogP contribution in [0.4, 0.5) is 17.1 Å². The molecule has 4 aromatic carbocycles. The second-order valence-electron chi connectivity index (χ2n) is 14.3. The lowest BCUT2D eigenvalue weighted by molar-refractivity contribution is -0.146. The molecule has 10 nitrogen and oxygen atoms in total. The number of rotatable bonds is 13. The van der Waals surface area contributed by atoms with Crippen LogP contribution in [-0.4, -0.2) is 60.3 Å². The van der Waals surface area contributed by atoms with Crippen molar-refractivity contribution in [2.45, 2.75) is 63.2 Å². The summed E-state index contributed by atoms with van der Waals surface area (Å²) < 4.78 is 14.6. The summed E-state index contributed by atoms with van der Waals surface area (Å²) in [5, 5.41) is 19.2. The van der Waals surface area contributed by atoms with E-state index in [1.165, 1.54) is 5.19 Å². The van der Waals surface area contributed by atoms with Crippen LogP contribution in [0.2, 0.25) is 18.6 Å². The summed E-state index contributed by atoms with van der Waals surface area (Å²) in [5.41, 5.74) is 3.76. The molecule has 0 saturated carbocycles. The van der Waals surface area contributed by atoms with Crippen molar-refractivity contribution in [3.8, 4) is 5.75 Å². The monoisotopic (exact) mass is 715 g/mol. The van der Waals surface area contributed by atoms with E-state index >= 15 is 4.79 Å². The molecule has 4 atom stereocenters. The Morgan fingerprint density at radius 1 is 0.981 bits per heavy atom. The molecule has 11 heteroatoms. The van der Waals surface area contributed by atoms with Gasteiger partial charge in [-0.1, -0.05) is 91.1 Å². The second kappa shape index (κ2) is 14.5. The average molecular weight is 716 g/mol. The molecule has 5 aromatic rings. The molecule has 1 fully saturated rings. The minimum Gasteiger partial charge on any atom is -0.497 e. The molecule has 1 spiro atoms. The summed E-state index contributed by atoms with van der Waals surface area (Å²) >= 11 is 0. The number of benzene rings is 4. The van der Waals surface area contributed by atoms with Crippen LogP contribution < -0.4 is 19.7 Å². The molecule has 2 amide bonds. The molecule has 1 N–H and O–H groups in total. The zero-order valence-corrected chi connectivity index (χ0v) is 31.1. The number of ether oxygens (including phenoxy) is 2. The number of aliphatic hydroxyl groups is 1. The fourth-order valence-electron chi connectivity index (χ4n) is 8.48. The maximum absolute atomic E-state index is 15.2. The van der Waals surface area contributed by atoms with Crippen LogP contribution in [0.3, 0.4) is 0 Å². The summed E-state index contributed by atoms with van der Waals surface area (Å²) in [6, 6.07) is 33.7. The molecule has 3 heterocycles. The van der Waals surface area contributed by atoms with Gasteiger partial charge in [-0.25, -0.2) is 0 Å². The van der Waals surface area contributed by atoms with Crippen molar-refractivity contribution in [2.75, 3.05) is 23.5 Å². The number of anilines is 3. The highest BCUT2D eigenvalue weighted by Gasteiger charge is 2.66. The molecule has 0 bridgehead atoms. The Morgan fingerprint density at radius 3 is 2.44 bits per heavy atom. The summed E-state index contributed by atoms with van der Waals surface area (Å²) in [5.74, 6) is 0.595. The van der Waals surface area contributed by atoms with E-state index < -0.39 is 13.7 Å². The van der Waals surface area contributed by atoms with Crippen LogP contribution >= 0.6 is 0 Å². The highest BCUT2D eigenvalue weighted by molar-refractivity contribution is 6.91. The minimum atomic E-state index is -2.32. The van der Waals surface area contributed by atoms with E-state index in [1.54, 1.807) is 12.0 Å². The van der Waals surface area contributed by atoms with E-state index in [4.69, 9.17) is 9.47 Å². The smallest absolute Gasteiger partial charge is 0.264 e. The largest absolute Gasteiger partial charge is 0.497 e. The maximum Gasteiger partial charge on any atom is 0.264 e. The highest BCUT2D eigenvalue weighted by Crippen LogP contribution is 2.60. The molecule has 0 radical (unpaired) electrons. The third-order valence-corrected chi connectivity index (χ3v) is 15.4. The van der Waals surface area contributed by atoms with Crippen molar-refractivity contribution in [1.82, 2.24) is 15.0 Å². The van der Waals surface area contributed by atoms with Crippen LogP contribution in [-0.2, 0) is 39.4 Å². The van der Waals surface area contributed by atoms with Crippen molar-refractivity contribution < 1.29 is 24.2 Å². The van der Waals surface area contributed by atoms with Gasteiger partial charge in [-0.3, -0.25) is 19.2 Å². The lowest BCUT2D eigenvalue weighted by Gasteiger charge is -2.37. The number of aryl methyl sites for hydroxylation is 1. The number of hydrogen-bond donors (Lipinski definition) is 1. The Kier molecular flexibility index (Phi) is 9.84. The standard InChI is InChI=1S/C41H45N5O5Si/c1-29-39(52(3,4)35-19-17-34(50-2)18-20-35)38(21-23-44-27-31(22-24-47)42-43-44)51-41(29)36-15-8-9-16-37(36)45(40(41)49)26-30-11-10-14-33(25-30)46(28-48)32-12-6-5-7-13-32/h5-20,25,27-29,38-39,47H,21-24,26H2,1-4H3/t29-,38+,39-,41+/m1/s1. The van der Waals surface area contributed by atoms with Crippen LogP contribution in [0.15, 0.2) is 109 Å². The van der Waals surface area contributed by atoms with Gasteiger partial charge in [0.1, 0.15) is 5.75 Å². The van der Waals surface area contributed by atoms with E-state index in [1.807, 2.05) is 107 Å². The van der Waals surface area contributed by atoms with E-state index in [0.29, 0.717) is 25.9 Å². The van der Waals surface area contributed by atoms with Gasteiger partial charge < -0.3 is 19.5 Å². The third-order valence-electron chi connectivity index (χ3n) is 11.0. The van der Waals surface area contributed by atoms with Gasteiger partial charge in [0, 0.05) is 48.6 Å². The van der Waals surface area contributed by atoms with Gasteiger partial charge >= 0.3 is 0 Å². The van der Waals surface area contributed by atoms with Crippen molar-refractivity contribution in [2.24, 2.45) is 5.92 Å². The van der Waals surface area contributed by atoms with Gasteiger partial charge in [0.25, 0.3) is 5.91 Å². The lowest BCUT2D eigenvalue weighted by Crippen LogP contribution is -2.51. The van der Waals surface area contributed by atoms with Crippen LogP contribution in [0.1, 0.15) is 30.2 Å². The predicted molar refractivity (Wildman–Crippen MR) is 204 cm³/mol. The molecule has 2 aliphatic heterocycles. The van der Waals surface area contributed by atoms with Gasteiger partial charge in [0.2, 0.25) is 6.41 Å². The number of hydrogen-bond acceptors (Lipinski definition) is 7. The van der Waals surface area contributed by atoms with Gasteiger partial charge in [0.05, 0.1) is 39.2 Å². The first kappa shape index (κ1) is 35.3. The number of carbonyl (C=O) groups is 2. The van der Waals surface area contributed by atoms with E-state index in [9.17, 15) is 9.90 Å². The summed E-state index contributed by atoms with van der Waals surface area (Å²) in [7, 11) is -0.646. The minimum absolute atomic E-state index is 0.0128. The molecule has 268 valence electrons. The molecule has 0 unspecified atom stereocenters. The molecule has 1 saturated heterocycles. The quantitative estimate of drug-likeness (QED) is 0.118. The first-order chi connectivity index (χ1) is 25.2. The number of carbonyl (C=O) groups excluding carboxylic acids is 2. The van der Waals surface area contributed by atoms with Crippen molar-refractivity contribution in [1.29, 1.82) is 0 Å². The summed E-state index contributed by atoms with van der Waals surface area (Å²) in [6.45, 7) is 7.85.